The monoisotopic (exact) mass is 377 g/mol. The third-order valence-corrected chi connectivity index (χ3v) is 4.25. The van der Waals surface area contributed by atoms with Crippen molar-refractivity contribution in [2.24, 2.45) is 0 Å². The first-order valence-corrected chi connectivity index (χ1v) is 8.90. The van der Waals surface area contributed by atoms with Crippen LogP contribution in [0.25, 0.3) is 0 Å². The molecule has 4 rings (SSSR count). The second kappa shape index (κ2) is 7.56. The van der Waals surface area contributed by atoms with Crippen LogP contribution in [0.5, 0.6) is 23.3 Å². The van der Waals surface area contributed by atoms with E-state index >= 15 is 0 Å². The van der Waals surface area contributed by atoms with Crippen molar-refractivity contribution in [3.8, 4) is 23.3 Å². The quantitative estimate of drug-likeness (QED) is 0.742. The molecule has 0 bridgehead atoms. The number of aromatic nitrogens is 2. The normalized spacial score (nSPS) is 12.4. The van der Waals surface area contributed by atoms with Gasteiger partial charge < -0.3 is 19.5 Å². The Hall–Kier alpha value is -3.61. The molecule has 0 aliphatic carbocycles. The van der Waals surface area contributed by atoms with Gasteiger partial charge in [0.15, 0.2) is 11.5 Å². The van der Waals surface area contributed by atoms with E-state index in [-0.39, 0.29) is 11.9 Å². The van der Waals surface area contributed by atoms with E-state index in [1.807, 2.05) is 30.3 Å². The van der Waals surface area contributed by atoms with Crippen LogP contribution in [0.1, 0.15) is 21.7 Å². The fraction of sp³-hybridized carbons (Fsp3) is 0.190. The van der Waals surface area contributed by atoms with Gasteiger partial charge >= 0.3 is 6.01 Å². The lowest BCUT2D eigenvalue weighted by Gasteiger charge is -2.21. The number of amides is 1. The molecule has 1 N–H and O–H groups in total. The van der Waals surface area contributed by atoms with Crippen molar-refractivity contribution >= 4 is 11.6 Å². The number of nitrogens with zero attached hydrogens (tertiary/aromatic N) is 2. The van der Waals surface area contributed by atoms with Crippen LogP contribution in [-0.4, -0.2) is 29.1 Å². The number of ether oxygens (including phenoxy) is 3. The third kappa shape index (κ3) is 3.59. The van der Waals surface area contributed by atoms with Crippen LogP contribution in [0, 0.1) is 13.8 Å². The summed E-state index contributed by atoms with van der Waals surface area (Å²) in [4.78, 5) is 21.6. The van der Waals surface area contributed by atoms with E-state index in [1.165, 1.54) is 0 Å². The molecule has 7 heteroatoms. The van der Waals surface area contributed by atoms with Crippen LogP contribution in [0.15, 0.2) is 48.5 Å². The Morgan fingerprint density at radius 2 is 1.68 bits per heavy atom. The molecule has 1 amide bonds. The minimum atomic E-state index is -0.311. The summed E-state index contributed by atoms with van der Waals surface area (Å²) >= 11 is 0. The van der Waals surface area contributed by atoms with Gasteiger partial charge in [0.1, 0.15) is 19.0 Å². The minimum Gasteiger partial charge on any atom is -0.486 e. The number of carbonyl (C=O) groups is 1. The van der Waals surface area contributed by atoms with Crippen molar-refractivity contribution in [2.75, 3.05) is 18.5 Å². The molecule has 0 unspecified atom stereocenters. The summed E-state index contributed by atoms with van der Waals surface area (Å²) in [5.74, 6) is 1.35. The fourth-order valence-electron chi connectivity index (χ4n) is 2.94. The number of fused-ring (bicyclic) bond motifs is 1. The highest BCUT2D eigenvalue weighted by atomic mass is 16.6. The zero-order valence-electron chi connectivity index (χ0n) is 15.6. The first kappa shape index (κ1) is 17.8. The molecule has 1 aromatic heterocycles. The van der Waals surface area contributed by atoms with Gasteiger partial charge in [-0.05, 0) is 38.1 Å². The Morgan fingerprint density at radius 1 is 0.964 bits per heavy atom. The van der Waals surface area contributed by atoms with Gasteiger partial charge in [-0.3, -0.25) is 4.79 Å². The maximum atomic E-state index is 12.8. The van der Waals surface area contributed by atoms with E-state index in [4.69, 9.17) is 14.2 Å². The summed E-state index contributed by atoms with van der Waals surface area (Å²) in [6.45, 7) is 4.46. The van der Waals surface area contributed by atoms with Gasteiger partial charge in [-0.2, -0.15) is 9.97 Å². The molecular weight excluding hydrogens is 358 g/mol. The first-order valence-electron chi connectivity index (χ1n) is 8.90. The summed E-state index contributed by atoms with van der Waals surface area (Å²) in [6, 6.07) is 14.8. The lowest BCUT2D eigenvalue weighted by Crippen LogP contribution is -2.21. The second-order valence-corrected chi connectivity index (χ2v) is 6.25. The minimum absolute atomic E-state index is 0.230. The predicted octanol–water partition coefficient (Wildman–Crippen LogP) is 3.91. The number of carbonyl (C=O) groups excluding carboxylic acids is 1. The number of anilines is 1. The van der Waals surface area contributed by atoms with Gasteiger partial charge in [0, 0.05) is 0 Å². The number of benzene rings is 2. The van der Waals surface area contributed by atoms with Crippen molar-refractivity contribution in [1.29, 1.82) is 0 Å². The average molecular weight is 377 g/mol. The summed E-state index contributed by atoms with van der Waals surface area (Å²) in [5.41, 5.74) is 2.16. The Morgan fingerprint density at radius 3 is 2.43 bits per heavy atom. The van der Waals surface area contributed by atoms with Crippen LogP contribution < -0.4 is 19.5 Å². The Labute approximate surface area is 162 Å². The molecule has 0 spiro atoms. The molecule has 2 heterocycles. The summed E-state index contributed by atoms with van der Waals surface area (Å²) in [6.07, 6.45) is 0. The summed E-state index contributed by atoms with van der Waals surface area (Å²) in [7, 11) is 0. The molecule has 0 fully saturated rings. The van der Waals surface area contributed by atoms with Crippen LogP contribution in [0.4, 0.5) is 5.69 Å². The smallest absolute Gasteiger partial charge is 0.322 e. The van der Waals surface area contributed by atoms with E-state index in [9.17, 15) is 4.79 Å². The summed E-state index contributed by atoms with van der Waals surface area (Å²) in [5, 5.41) is 2.88. The van der Waals surface area contributed by atoms with E-state index in [0.717, 1.165) is 0 Å². The highest BCUT2D eigenvalue weighted by Gasteiger charge is 2.22. The molecule has 3 aromatic rings. The molecule has 142 valence electrons. The molecule has 1 aliphatic heterocycles. The highest BCUT2D eigenvalue weighted by molar-refractivity contribution is 6.07. The number of rotatable bonds is 4. The standard InChI is InChI=1S/C21H19N3O4/c1-13-18(14(2)23-21(22-13)28-15-7-4-3-5-8-15)24-20(25)16-9-6-10-17-19(16)27-12-11-26-17/h3-10H,11-12H2,1-2H3,(H,24,25). The van der Waals surface area contributed by atoms with Gasteiger partial charge in [0.2, 0.25) is 0 Å². The van der Waals surface area contributed by atoms with Crippen molar-refractivity contribution < 1.29 is 19.0 Å². The lowest BCUT2D eigenvalue weighted by atomic mass is 10.1. The van der Waals surface area contributed by atoms with Gasteiger partial charge in [0.05, 0.1) is 22.6 Å². The van der Waals surface area contributed by atoms with Crippen molar-refractivity contribution in [1.82, 2.24) is 9.97 Å². The SMILES string of the molecule is Cc1nc(Oc2ccccc2)nc(C)c1NC(=O)c1cccc2c1OCCO2. The Kier molecular flexibility index (Phi) is 4.80. The topological polar surface area (TPSA) is 82.6 Å². The van der Waals surface area contributed by atoms with Gasteiger partial charge in [-0.1, -0.05) is 24.3 Å². The van der Waals surface area contributed by atoms with E-state index < -0.39 is 0 Å². The van der Waals surface area contributed by atoms with Gasteiger partial charge in [0.25, 0.3) is 5.91 Å². The van der Waals surface area contributed by atoms with Gasteiger partial charge in [-0.25, -0.2) is 0 Å². The fourth-order valence-corrected chi connectivity index (χ4v) is 2.94. The largest absolute Gasteiger partial charge is 0.486 e. The van der Waals surface area contributed by atoms with Crippen molar-refractivity contribution in [3.05, 3.63) is 65.5 Å². The molecular formula is C21H19N3O4. The van der Waals surface area contributed by atoms with Gasteiger partial charge in [-0.15, -0.1) is 0 Å². The second-order valence-electron chi connectivity index (χ2n) is 6.25. The van der Waals surface area contributed by atoms with E-state index in [1.54, 1.807) is 32.0 Å². The molecule has 0 saturated heterocycles. The van der Waals surface area contributed by atoms with Crippen LogP contribution in [0.3, 0.4) is 0 Å². The maximum Gasteiger partial charge on any atom is 0.322 e. The van der Waals surface area contributed by atoms with Crippen LogP contribution in [0.2, 0.25) is 0 Å². The molecule has 0 atom stereocenters. The van der Waals surface area contributed by atoms with E-state index in [2.05, 4.69) is 15.3 Å². The average Bonchev–Trinajstić information content (AvgIpc) is 2.71. The molecule has 28 heavy (non-hydrogen) atoms. The Balaban J connectivity index is 1.58. The zero-order chi connectivity index (χ0) is 19.5. The molecule has 0 saturated carbocycles. The number of aryl methyl sites for hydroxylation is 2. The maximum absolute atomic E-state index is 12.8. The number of hydrogen-bond donors (Lipinski definition) is 1. The number of para-hydroxylation sites is 2. The van der Waals surface area contributed by atoms with Crippen molar-refractivity contribution in [3.63, 3.8) is 0 Å². The van der Waals surface area contributed by atoms with Crippen LogP contribution in [-0.2, 0) is 0 Å². The zero-order valence-corrected chi connectivity index (χ0v) is 15.6. The van der Waals surface area contributed by atoms with Crippen molar-refractivity contribution in [2.45, 2.75) is 13.8 Å². The first-order chi connectivity index (χ1) is 13.6. The third-order valence-electron chi connectivity index (χ3n) is 4.25. The Bertz CT molecular complexity index is 998. The molecule has 7 nitrogen and oxygen atoms in total. The molecule has 2 aromatic carbocycles. The van der Waals surface area contributed by atoms with E-state index in [0.29, 0.717) is 53.1 Å². The molecule has 0 radical (unpaired) electrons. The lowest BCUT2D eigenvalue weighted by molar-refractivity contribution is 0.101. The summed E-state index contributed by atoms with van der Waals surface area (Å²) < 4.78 is 16.8. The number of nitrogens with one attached hydrogen (secondary N) is 1. The number of hydrogen-bond acceptors (Lipinski definition) is 6. The van der Waals surface area contributed by atoms with Crippen LogP contribution >= 0.6 is 0 Å². The predicted molar refractivity (Wildman–Crippen MR) is 103 cm³/mol. The highest BCUT2D eigenvalue weighted by Crippen LogP contribution is 2.34. The molecule has 1 aliphatic rings.